The van der Waals surface area contributed by atoms with Gasteiger partial charge >= 0.3 is 11.9 Å². The monoisotopic (exact) mass is 590 g/mol. The Morgan fingerprint density at radius 3 is 2.35 bits per heavy atom. The molecule has 0 aliphatic heterocycles. The lowest BCUT2D eigenvalue weighted by molar-refractivity contribution is -0.206. The van der Waals surface area contributed by atoms with Gasteiger partial charge in [-0.1, -0.05) is 66.2 Å². The number of carboxylic acid groups (broad SMARTS) is 1. The van der Waals surface area contributed by atoms with Crippen LogP contribution in [0.5, 0.6) is 5.75 Å². The summed E-state index contributed by atoms with van der Waals surface area (Å²) in [5, 5.41) is 10.7. The van der Waals surface area contributed by atoms with Crippen molar-refractivity contribution in [2.24, 2.45) is 56.7 Å². The number of carboxylic acids is 1. The summed E-state index contributed by atoms with van der Waals surface area (Å²) in [6.45, 7) is 17.0. The van der Waals surface area contributed by atoms with Gasteiger partial charge in [0.05, 0.1) is 18.1 Å². The molecule has 0 bridgehead atoms. The Kier molecular flexibility index (Phi) is 7.22. The molecular formula is C38H54O5. The van der Waals surface area contributed by atoms with Gasteiger partial charge in [-0.2, -0.15) is 0 Å². The first kappa shape index (κ1) is 30.7. The number of methoxy groups -OCH3 is 1. The number of aliphatic carboxylic acids is 1. The van der Waals surface area contributed by atoms with E-state index in [4.69, 9.17) is 9.47 Å². The number of benzene rings is 1. The molecule has 0 amide bonds. The van der Waals surface area contributed by atoms with Crippen LogP contribution in [0.2, 0.25) is 0 Å². The van der Waals surface area contributed by atoms with Crippen LogP contribution in [0.1, 0.15) is 117 Å². The van der Waals surface area contributed by atoms with Crippen molar-refractivity contribution in [2.45, 2.75) is 112 Å². The number of fused-ring (bicyclic) bond motifs is 7. The van der Waals surface area contributed by atoms with E-state index in [-0.39, 0.29) is 39.7 Å². The van der Waals surface area contributed by atoms with Crippen LogP contribution in [0.3, 0.4) is 0 Å². The Bertz CT molecular complexity index is 1330. The van der Waals surface area contributed by atoms with Crippen LogP contribution < -0.4 is 4.74 Å². The molecule has 0 unspecified atom stereocenters. The third-order valence-corrected chi connectivity index (χ3v) is 14.9. The predicted molar refractivity (Wildman–Crippen MR) is 169 cm³/mol. The molecule has 10 atom stereocenters. The highest BCUT2D eigenvalue weighted by atomic mass is 16.5. The number of esters is 1. The van der Waals surface area contributed by atoms with Gasteiger partial charge in [-0.15, -0.1) is 0 Å². The van der Waals surface area contributed by atoms with E-state index in [1.807, 2.05) is 12.1 Å². The van der Waals surface area contributed by atoms with E-state index in [0.29, 0.717) is 35.0 Å². The maximum atomic E-state index is 13.3. The van der Waals surface area contributed by atoms with Crippen LogP contribution in [0.15, 0.2) is 35.9 Å². The molecule has 5 heteroatoms. The second-order valence-corrected chi connectivity index (χ2v) is 16.6. The summed E-state index contributed by atoms with van der Waals surface area (Å²) in [5.74, 6) is 1.88. The molecule has 5 aliphatic carbocycles. The lowest BCUT2D eigenvalue weighted by Crippen LogP contribution is -2.65. The highest BCUT2D eigenvalue weighted by molar-refractivity contribution is 5.90. The van der Waals surface area contributed by atoms with Crippen molar-refractivity contribution in [3.05, 3.63) is 41.5 Å². The first-order chi connectivity index (χ1) is 20.2. The van der Waals surface area contributed by atoms with Crippen molar-refractivity contribution >= 4 is 11.9 Å². The van der Waals surface area contributed by atoms with E-state index < -0.39 is 11.4 Å². The van der Waals surface area contributed by atoms with Crippen molar-refractivity contribution in [1.82, 2.24) is 0 Å². The largest absolute Gasteiger partial charge is 0.497 e. The van der Waals surface area contributed by atoms with Crippen molar-refractivity contribution in [2.75, 3.05) is 7.11 Å². The van der Waals surface area contributed by atoms with Gasteiger partial charge < -0.3 is 14.6 Å². The number of carbonyl (C=O) groups excluding carboxylic acids is 1. The minimum Gasteiger partial charge on any atom is -0.497 e. The van der Waals surface area contributed by atoms with Gasteiger partial charge in [-0.25, -0.2) is 4.79 Å². The lowest BCUT2D eigenvalue weighted by atomic mass is 9.33. The normalized spacial score (nSPS) is 44.9. The number of carbonyl (C=O) groups is 2. The summed E-state index contributed by atoms with van der Waals surface area (Å²) in [6.07, 6.45) is 11.2. The maximum absolute atomic E-state index is 13.3. The van der Waals surface area contributed by atoms with Crippen LogP contribution in [0.25, 0.3) is 0 Å². The third-order valence-electron chi connectivity index (χ3n) is 14.9. The molecule has 5 nitrogen and oxygen atoms in total. The van der Waals surface area contributed by atoms with Gasteiger partial charge in [0, 0.05) is 5.41 Å². The maximum Gasteiger partial charge on any atom is 0.338 e. The van der Waals surface area contributed by atoms with Crippen molar-refractivity contribution in [3.8, 4) is 5.75 Å². The average Bonchev–Trinajstić information content (AvgIpc) is 2.96. The minimum atomic E-state index is -0.603. The first-order valence-electron chi connectivity index (χ1n) is 16.9. The van der Waals surface area contributed by atoms with E-state index in [0.717, 1.165) is 57.8 Å². The van der Waals surface area contributed by atoms with E-state index in [1.54, 1.807) is 19.2 Å². The van der Waals surface area contributed by atoms with E-state index in [2.05, 4.69) is 54.5 Å². The van der Waals surface area contributed by atoms with Crippen LogP contribution >= 0.6 is 0 Å². The summed E-state index contributed by atoms with van der Waals surface area (Å²) in [6, 6.07) is 7.25. The van der Waals surface area contributed by atoms with Crippen molar-refractivity contribution in [3.63, 3.8) is 0 Å². The van der Waals surface area contributed by atoms with Crippen molar-refractivity contribution < 1.29 is 24.2 Å². The molecule has 1 N–H and O–H groups in total. The van der Waals surface area contributed by atoms with Crippen LogP contribution in [-0.2, 0) is 9.53 Å². The fraction of sp³-hybridized carbons (Fsp3) is 0.737. The molecule has 43 heavy (non-hydrogen) atoms. The zero-order valence-corrected chi connectivity index (χ0v) is 27.8. The molecule has 0 radical (unpaired) electrons. The van der Waals surface area contributed by atoms with E-state index >= 15 is 0 Å². The fourth-order valence-corrected chi connectivity index (χ4v) is 12.0. The van der Waals surface area contributed by atoms with Crippen LogP contribution in [-0.4, -0.2) is 30.3 Å². The zero-order chi connectivity index (χ0) is 31.2. The molecule has 0 spiro atoms. The van der Waals surface area contributed by atoms with Crippen molar-refractivity contribution in [1.29, 1.82) is 0 Å². The number of allylic oxidation sites excluding steroid dienone is 2. The second-order valence-electron chi connectivity index (χ2n) is 16.6. The van der Waals surface area contributed by atoms with E-state index in [1.165, 1.54) is 5.57 Å². The number of hydrogen-bond donors (Lipinski definition) is 1. The minimum absolute atomic E-state index is 0.0126. The Morgan fingerprint density at radius 1 is 0.907 bits per heavy atom. The van der Waals surface area contributed by atoms with E-state index in [9.17, 15) is 14.7 Å². The Morgan fingerprint density at radius 2 is 1.65 bits per heavy atom. The van der Waals surface area contributed by atoms with Gasteiger partial charge in [0.2, 0.25) is 0 Å². The number of hydrogen-bond acceptors (Lipinski definition) is 4. The summed E-state index contributed by atoms with van der Waals surface area (Å²) in [4.78, 5) is 26.3. The van der Waals surface area contributed by atoms with Gasteiger partial charge in [-0.3, -0.25) is 4.79 Å². The third kappa shape index (κ3) is 4.14. The van der Waals surface area contributed by atoms with Gasteiger partial charge in [0.1, 0.15) is 11.9 Å². The highest BCUT2D eigenvalue weighted by Gasteiger charge is 2.69. The van der Waals surface area contributed by atoms with Crippen LogP contribution in [0, 0.1) is 56.7 Å². The summed E-state index contributed by atoms with van der Waals surface area (Å²) in [5.41, 5.74) is 1.54. The molecule has 236 valence electrons. The Balaban J connectivity index is 1.31. The Hall–Kier alpha value is -2.30. The standard InChI is InChI=1S/C38H54O5/c1-23-14-19-38(33(40)41)21-20-36(6)27(31(38)24(23)2)12-13-29-35(5)17-16-30(34(3,4)28(35)15-18-37(29,36)7)43-32(39)25-10-9-11-26(22-25)42-8/h9-12,22-24,28-31H,13-21H2,1-8H3,(H,40,41)/t23-,24+,28+,29-,30+,31+,35+,36-,37-,38+/m1/s1. The number of rotatable bonds is 4. The molecule has 1 aromatic rings. The topological polar surface area (TPSA) is 72.8 Å². The van der Waals surface area contributed by atoms with Gasteiger partial charge in [0.15, 0.2) is 0 Å². The lowest BCUT2D eigenvalue weighted by Gasteiger charge is -2.71. The SMILES string of the molecule is COc1cccc(C(=O)O[C@H]2CC[C@]3(C)[C@H]4CC=C5[C@@H]6[C@@H](C)[C@H](C)CC[C@]6(C(=O)O)CC[C@@]5(C)[C@]4(C)CC[C@H]3C2(C)C)c1. The quantitative estimate of drug-likeness (QED) is 0.280. The predicted octanol–water partition coefficient (Wildman–Crippen LogP) is 8.96. The fourth-order valence-electron chi connectivity index (χ4n) is 12.0. The molecule has 5 aliphatic rings. The number of ether oxygens (including phenoxy) is 2. The molecule has 0 saturated heterocycles. The average molecular weight is 591 g/mol. The molecule has 1 aromatic carbocycles. The molecule has 4 saturated carbocycles. The highest BCUT2D eigenvalue weighted by Crippen LogP contribution is 2.75. The molecular weight excluding hydrogens is 536 g/mol. The van der Waals surface area contributed by atoms with Crippen LogP contribution in [0.4, 0.5) is 0 Å². The molecule has 0 heterocycles. The first-order valence-corrected chi connectivity index (χ1v) is 16.9. The smallest absolute Gasteiger partial charge is 0.338 e. The zero-order valence-electron chi connectivity index (χ0n) is 27.8. The summed E-state index contributed by atoms with van der Waals surface area (Å²) >= 11 is 0. The molecule has 4 fully saturated rings. The molecule has 0 aromatic heterocycles. The summed E-state index contributed by atoms with van der Waals surface area (Å²) in [7, 11) is 1.61. The second kappa shape index (κ2) is 10.1. The van der Waals surface area contributed by atoms with Gasteiger partial charge in [0.25, 0.3) is 0 Å². The molecule has 6 rings (SSSR count). The Labute approximate surface area is 259 Å². The van der Waals surface area contributed by atoms with Gasteiger partial charge in [-0.05, 0) is 122 Å². The summed E-state index contributed by atoms with van der Waals surface area (Å²) < 4.78 is 11.6.